The van der Waals surface area contributed by atoms with Crippen molar-refractivity contribution in [2.75, 3.05) is 6.54 Å². The van der Waals surface area contributed by atoms with Crippen LogP contribution in [0.3, 0.4) is 0 Å². The summed E-state index contributed by atoms with van der Waals surface area (Å²) in [6.45, 7) is 4.11. The van der Waals surface area contributed by atoms with Crippen LogP contribution in [0.15, 0.2) is 29.2 Å². The van der Waals surface area contributed by atoms with E-state index in [1.165, 1.54) is 0 Å². The Hall–Kier alpha value is -0.910. The van der Waals surface area contributed by atoms with Crippen molar-refractivity contribution in [2.45, 2.75) is 31.2 Å². The summed E-state index contributed by atoms with van der Waals surface area (Å²) in [6, 6.07) is 6.59. The fourth-order valence-electron chi connectivity index (χ4n) is 1.16. The van der Waals surface area contributed by atoms with Gasteiger partial charge in [-0.25, -0.2) is 13.1 Å². The zero-order chi connectivity index (χ0) is 12.2. The molecule has 0 fully saturated rings. The Kier molecular flexibility index (Phi) is 4.46. The molecule has 4 nitrogen and oxygen atoms in total. The average Bonchev–Trinajstić information content (AvgIpc) is 2.26. The summed E-state index contributed by atoms with van der Waals surface area (Å²) in [5.41, 5.74) is 6.69. The highest BCUT2D eigenvalue weighted by Gasteiger charge is 2.14. The molecule has 0 aliphatic heterocycles. The van der Waals surface area contributed by atoms with Crippen molar-refractivity contribution < 1.29 is 8.42 Å². The normalized spacial score (nSPS) is 13.7. The number of benzene rings is 1. The topological polar surface area (TPSA) is 72.2 Å². The van der Waals surface area contributed by atoms with Gasteiger partial charge in [0.05, 0.1) is 4.90 Å². The number of aryl methyl sites for hydroxylation is 1. The minimum Gasteiger partial charge on any atom is -0.327 e. The van der Waals surface area contributed by atoms with Crippen LogP contribution in [-0.4, -0.2) is 21.0 Å². The van der Waals surface area contributed by atoms with E-state index < -0.39 is 10.0 Å². The second kappa shape index (κ2) is 5.43. The van der Waals surface area contributed by atoms with E-state index in [0.717, 1.165) is 12.0 Å². The Morgan fingerprint density at radius 3 is 2.38 bits per heavy atom. The summed E-state index contributed by atoms with van der Waals surface area (Å²) in [5, 5.41) is 0. The fraction of sp³-hybridized carbons (Fsp3) is 0.455. The lowest BCUT2D eigenvalue weighted by molar-refractivity contribution is 0.564. The highest BCUT2D eigenvalue weighted by Crippen LogP contribution is 2.09. The van der Waals surface area contributed by atoms with Crippen molar-refractivity contribution in [1.29, 1.82) is 0 Å². The molecule has 0 saturated heterocycles. The lowest BCUT2D eigenvalue weighted by Crippen LogP contribution is -2.36. The molecular weight excluding hydrogens is 224 g/mol. The zero-order valence-electron chi connectivity index (χ0n) is 9.60. The van der Waals surface area contributed by atoms with Gasteiger partial charge in [-0.15, -0.1) is 0 Å². The third-order valence-electron chi connectivity index (χ3n) is 2.39. The Morgan fingerprint density at radius 1 is 1.31 bits per heavy atom. The molecule has 0 saturated carbocycles. The largest absolute Gasteiger partial charge is 0.327 e. The molecule has 0 spiro atoms. The first-order chi connectivity index (χ1) is 7.45. The number of hydrogen-bond donors (Lipinski definition) is 2. The molecule has 0 amide bonds. The first-order valence-electron chi connectivity index (χ1n) is 5.27. The van der Waals surface area contributed by atoms with Gasteiger partial charge in [-0.2, -0.15) is 0 Å². The molecule has 1 aromatic carbocycles. The minimum atomic E-state index is -3.41. The fourth-order valence-corrected chi connectivity index (χ4v) is 2.26. The third-order valence-corrected chi connectivity index (χ3v) is 3.83. The highest BCUT2D eigenvalue weighted by molar-refractivity contribution is 7.89. The van der Waals surface area contributed by atoms with Gasteiger partial charge in [-0.3, -0.25) is 0 Å². The zero-order valence-corrected chi connectivity index (χ0v) is 10.4. The van der Waals surface area contributed by atoms with E-state index in [1.54, 1.807) is 24.3 Å². The Labute approximate surface area is 96.9 Å². The second-order valence-corrected chi connectivity index (χ2v) is 5.60. The number of nitrogens with one attached hydrogen (secondary N) is 1. The van der Waals surface area contributed by atoms with Crippen LogP contribution in [0.1, 0.15) is 18.9 Å². The molecule has 1 aromatic rings. The molecule has 0 bridgehead atoms. The maximum atomic E-state index is 11.8. The van der Waals surface area contributed by atoms with E-state index in [1.807, 2.05) is 13.8 Å². The van der Waals surface area contributed by atoms with Crippen molar-refractivity contribution in [1.82, 2.24) is 4.72 Å². The van der Waals surface area contributed by atoms with Crippen LogP contribution in [0.4, 0.5) is 0 Å². The highest BCUT2D eigenvalue weighted by atomic mass is 32.2. The molecule has 1 atom stereocenters. The summed E-state index contributed by atoms with van der Waals surface area (Å²) in [4.78, 5) is 0.279. The summed E-state index contributed by atoms with van der Waals surface area (Å²) < 4.78 is 26.1. The molecule has 0 aliphatic carbocycles. The van der Waals surface area contributed by atoms with E-state index in [9.17, 15) is 8.42 Å². The quantitative estimate of drug-likeness (QED) is 0.809. The van der Waals surface area contributed by atoms with Crippen LogP contribution in [0, 0.1) is 6.92 Å². The summed E-state index contributed by atoms with van der Waals surface area (Å²) >= 11 is 0. The van der Waals surface area contributed by atoms with Crippen molar-refractivity contribution in [3.05, 3.63) is 29.8 Å². The Balaban J connectivity index is 2.74. The van der Waals surface area contributed by atoms with Gasteiger partial charge in [-0.05, 0) is 25.5 Å². The van der Waals surface area contributed by atoms with Crippen LogP contribution < -0.4 is 10.5 Å². The standard InChI is InChI=1S/C11H18N2O2S/c1-3-10(12)8-13-16(14,15)11-6-4-9(2)5-7-11/h4-7,10,13H,3,8,12H2,1-2H3. The first-order valence-corrected chi connectivity index (χ1v) is 6.76. The van der Waals surface area contributed by atoms with Crippen molar-refractivity contribution in [3.8, 4) is 0 Å². The molecule has 3 N–H and O–H groups in total. The molecule has 0 aromatic heterocycles. The van der Waals surface area contributed by atoms with Crippen LogP contribution in [0.2, 0.25) is 0 Å². The van der Waals surface area contributed by atoms with E-state index in [2.05, 4.69) is 4.72 Å². The van der Waals surface area contributed by atoms with Crippen LogP contribution in [0.5, 0.6) is 0 Å². The van der Waals surface area contributed by atoms with E-state index >= 15 is 0 Å². The number of nitrogens with two attached hydrogens (primary N) is 1. The van der Waals surface area contributed by atoms with Gasteiger partial charge in [0.15, 0.2) is 0 Å². The molecule has 0 aliphatic rings. The van der Waals surface area contributed by atoms with Crippen LogP contribution >= 0.6 is 0 Å². The Morgan fingerprint density at radius 2 is 1.88 bits per heavy atom. The van der Waals surface area contributed by atoms with Crippen molar-refractivity contribution >= 4 is 10.0 Å². The number of rotatable bonds is 5. The van der Waals surface area contributed by atoms with Gasteiger partial charge in [0.25, 0.3) is 0 Å². The predicted octanol–water partition coefficient (Wildman–Crippen LogP) is 1.01. The van der Waals surface area contributed by atoms with Gasteiger partial charge >= 0.3 is 0 Å². The third kappa shape index (κ3) is 3.59. The van der Waals surface area contributed by atoms with Crippen LogP contribution in [-0.2, 0) is 10.0 Å². The first kappa shape index (κ1) is 13.2. The van der Waals surface area contributed by atoms with Crippen LogP contribution in [0.25, 0.3) is 0 Å². The number of sulfonamides is 1. The lowest BCUT2D eigenvalue weighted by Gasteiger charge is -2.11. The van der Waals surface area contributed by atoms with E-state index in [0.29, 0.717) is 0 Å². The maximum Gasteiger partial charge on any atom is 0.240 e. The lowest BCUT2D eigenvalue weighted by atomic mass is 10.2. The van der Waals surface area contributed by atoms with Crippen molar-refractivity contribution in [3.63, 3.8) is 0 Å². The molecule has 1 unspecified atom stereocenters. The Bertz CT molecular complexity index is 426. The maximum absolute atomic E-state index is 11.8. The van der Waals surface area contributed by atoms with E-state index in [-0.39, 0.29) is 17.5 Å². The molecule has 0 heterocycles. The number of hydrogen-bond acceptors (Lipinski definition) is 3. The molecule has 1 rings (SSSR count). The van der Waals surface area contributed by atoms with Gasteiger partial charge in [0.2, 0.25) is 10.0 Å². The SMILES string of the molecule is CCC(N)CNS(=O)(=O)c1ccc(C)cc1. The van der Waals surface area contributed by atoms with Gasteiger partial charge in [0, 0.05) is 12.6 Å². The summed E-state index contributed by atoms with van der Waals surface area (Å²) in [7, 11) is -3.41. The smallest absolute Gasteiger partial charge is 0.240 e. The average molecular weight is 242 g/mol. The molecule has 16 heavy (non-hydrogen) atoms. The molecule has 5 heteroatoms. The molecule has 90 valence electrons. The summed E-state index contributed by atoms with van der Waals surface area (Å²) in [6.07, 6.45) is 0.746. The summed E-state index contributed by atoms with van der Waals surface area (Å²) in [5.74, 6) is 0. The molecular formula is C11H18N2O2S. The van der Waals surface area contributed by atoms with Gasteiger partial charge in [-0.1, -0.05) is 24.6 Å². The van der Waals surface area contributed by atoms with E-state index in [4.69, 9.17) is 5.73 Å². The monoisotopic (exact) mass is 242 g/mol. The van der Waals surface area contributed by atoms with Gasteiger partial charge in [0.1, 0.15) is 0 Å². The molecule has 0 radical (unpaired) electrons. The van der Waals surface area contributed by atoms with Crippen molar-refractivity contribution in [2.24, 2.45) is 5.73 Å². The van der Waals surface area contributed by atoms with Gasteiger partial charge < -0.3 is 5.73 Å². The second-order valence-electron chi connectivity index (χ2n) is 3.83. The minimum absolute atomic E-state index is 0.139. The predicted molar refractivity (Wildman–Crippen MR) is 64.6 cm³/mol.